The van der Waals surface area contributed by atoms with Gasteiger partial charge in [-0.05, 0) is 31.2 Å². The summed E-state index contributed by atoms with van der Waals surface area (Å²) in [4.78, 5) is 30.2. The molecule has 0 spiro atoms. The zero-order valence-corrected chi connectivity index (χ0v) is 21.3. The highest BCUT2D eigenvalue weighted by Crippen LogP contribution is 2.19. The number of benzene rings is 1. The van der Waals surface area contributed by atoms with Crippen molar-refractivity contribution in [2.45, 2.75) is 50.2 Å². The topological polar surface area (TPSA) is 203 Å². The highest BCUT2D eigenvalue weighted by atomic mass is 35.5. The average Bonchev–Trinajstić information content (AvgIpc) is 3.20. The maximum Gasteiger partial charge on any atom is 0.338 e. The van der Waals surface area contributed by atoms with Crippen molar-refractivity contribution in [2.75, 3.05) is 18.8 Å². The Morgan fingerprint density at radius 3 is 2.44 bits per heavy atom. The highest BCUT2D eigenvalue weighted by molar-refractivity contribution is 7.89. The van der Waals surface area contributed by atoms with Gasteiger partial charge in [-0.25, -0.2) is 13.6 Å². The molecule has 1 aliphatic rings. The molecule has 0 saturated carbocycles. The highest BCUT2D eigenvalue weighted by Gasteiger charge is 2.38. The summed E-state index contributed by atoms with van der Waals surface area (Å²) in [7, 11) is -3.80. The summed E-state index contributed by atoms with van der Waals surface area (Å²) in [5.74, 6) is -0.898. The van der Waals surface area contributed by atoms with Gasteiger partial charge in [0.25, 0.3) is 5.91 Å². The maximum atomic E-state index is 13.0. The van der Waals surface area contributed by atoms with Crippen LogP contribution in [0.25, 0.3) is 0 Å². The lowest BCUT2D eigenvalue weighted by Gasteiger charge is -2.27. The van der Waals surface area contributed by atoms with E-state index in [0.717, 1.165) is 5.56 Å². The second-order valence-corrected chi connectivity index (χ2v) is 9.79. The Labute approximate surface area is 212 Å². The SMILES string of the molecule is NC(N)=[NH+]CCC[C@@H](CS(N)(=O)=O)NC(=O)[C@@H]1CCCN1C(=O)[C@H]([NH3+])Cc1ccccc1.[Cl-].[Cl-]. The first-order chi connectivity index (χ1) is 15.1. The van der Waals surface area contributed by atoms with Crippen LogP contribution in [-0.4, -0.2) is 68.1 Å². The molecule has 11 N–H and O–H groups in total. The van der Waals surface area contributed by atoms with E-state index in [0.29, 0.717) is 45.2 Å². The van der Waals surface area contributed by atoms with Gasteiger partial charge in [0.1, 0.15) is 6.04 Å². The molecule has 1 heterocycles. The zero-order valence-electron chi connectivity index (χ0n) is 19.0. The molecule has 1 saturated heterocycles. The van der Waals surface area contributed by atoms with Crippen LogP contribution < -0.4 is 57.5 Å². The molecular weight excluding hydrogens is 505 g/mol. The number of halogens is 2. The van der Waals surface area contributed by atoms with Crippen LogP contribution in [0.1, 0.15) is 31.2 Å². The van der Waals surface area contributed by atoms with E-state index >= 15 is 0 Å². The van der Waals surface area contributed by atoms with Gasteiger partial charge in [-0.3, -0.25) is 26.0 Å². The summed E-state index contributed by atoms with van der Waals surface area (Å²) in [5.41, 5.74) is 15.7. The van der Waals surface area contributed by atoms with Crippen molar-refractivity contribution in [2.24, 2.45) is 16.6 Å². The van der Waals surface area contributed by atoms with Gasteiger partial charge in [0, 0.05) is 19.0 Å². The predicted octanol–water partition coefficient (Wildman–Crippen LogP) is -10.3. The molecule has 1 fully saturated rings. The smallest absolute Gasteiger partial charge is 0.338 e. The summed E-state index contributed by atoms with van der Waals surface area (Å²) in [6.07, 6.45) is 2.56. The molecule has 0 aliphatic carbocycles. The maximum absolute atomic E-state index is 13.0. The number of carbonyl (C=O) groups is 2. The number of sulfonamides is 1. The van der Waals surface area contributed by atoms with Crippen molar-refractivity contribution in [3.63, 3.8) is 0 Å². The summed E-state index contributed by atoms with van der Waals surface area (Å²) in [5, 5.41) is 7.96. The zero-order chi connectivity index (χ0) is 23.7. The van der Waals surface area contributed by atoms with Crippen LogP contribution in [0.3, 0.4) is 0 Å². The quantitative estimate of drug-likeness (QED) is 0.0913. The average molecular weight is 541 g/mol. The fourth-order valence-corrected chi connectivity index (χ4v) is 4.69. The minimum absolute atomic E-state index is 0. The van der Waals surface area contributed by atoms with Gasteiger partial charge in [0.2, 0.25) is 15.9 Å². The first-order valence-electron chi connectivity index (χ1n) is 10.7. The molecule has 2 rings (SSSR count). The molecule has 34 heavy (non-hydrogen) atoms. The molecule has 1 aliphatic heterocycles. The normalized spacial score (nSPS) is 17.0. The molecule has 1 aromatic carbocycles. The lowest BCUT2D eigenvalue weighted by Crippen LogP contribution is -3.00. The van der Waals surface area contributed by atoms with Crippen LogP contribution in [0.5, 0.6) is 0 Å². The molecular formula is C20H35Cl2N7O4S. The number of hydrogen-bond donors (Lipinski definition) is 6. The molecule has 14 heteroatoms. The molecule has 0 unspecified atom stereocenters. The standard InChI is InChI=1S/C20H33N7O4S.2ClH/c21-16(12-14-6-2-1-3-7-14)19(29)27-11-5-9-17(27)18(28)26-15(13-32(24,30)31)8-4-10-25-20(22)23;;/h1-3,6-7,15-17H,4-5,8-13,21H2,(H,26,28)(H4,22,23,25)(H2,24,30,31);2*1H/t15-,16+,17-;;/m0../s1. The van der Waals surface area contributed by atoms with Gasteiger partial charge >= 0.3 is 5.96 Å². The minimum atomic E-state index is -3.80. The third-order valence-corrected chi connectivity index (χ3v) is 6.22. The Kier molecular flexibility index (Phi) is 14.1. The number of carbonyl (C=O) groups excluding carboxylic acids is 2. The second kappa shape index (κ2) is 15.0. The third kappa shape index (κ3) is 10.9. The Morgan fingerprint density at radius 2 is 1.85 bits per heavy atom. The van der Waals surface area contributed by atoms with Crippen LogP contribution in [0.4, 0.5) is 0 Å². The van der Waals surface area contributed by atoms with Crippen molar-refractivity contribution < 1.29 is 53.5 Å². The molecule has 2 amide bonds. The number of likely N-dealkylation sites (tertiary alicyclic amines) is 1. The summed E-state index contributed by atoms with van der Waals surface area (Å²) in [6.45, 7) is 0.892. The number of primary sulfonamides is 1. The van der Waals surface area contributed by atoms with Crippen LogP contribution in [0.2, 0.25) is 0 Å². The van der Waals surface area contributed by atoms with Crippen molar-refractivity contribution in [3.8, 4) is 0 Å². The summed E-state index contributed by atoms with van der Waals surface area (Å²) >= 11 is 0. The van der Waals surface area contributed by atoms with E-state index < -0.39 is 33.9 Å². The fourth-order valence-electron chi connectivity index (χ4n) is 3.88. The van der Waals surface area contributed by atoms with E-state index in [1.165, 1.54) is 0 Å². The van der Waals surface area contributed by atoms with Crippen molar-refractivity contribution >= 4 is 27.8 Å². The van der Waals surface area contributed by atoms with E-state index in [-0.39, 0.29) is 42.6 Å². The molecule has 0 radical (unpaired) electrons. The Morgan fingerprint density at radius 1 is 1.21 bits per heavy atom. The lowest BCUT2D eigenvalue weighted by molar-refractivity contribution is -0.459. The van der Waals surface area contributed by atoms with Crippen molar-refractivity contribution in [1.29, 1.82) is 0 Å². The number of guanidine groups is 1. The van der Waals surface area contributed by atoms with E-state index in [9.17, 15) is 18.0 Å². The molecule has 0 aromatic heterocycles. The molecule has 11 nitrogen and oxygen atoms in total. The number of nitrogens with zero attached hydrogens (tertiary/aromatic N) is 1. The van der Waals surface area contributed by atoms with Gasteiger partial charge in [-0.1, -0.05) is 30.3 Å². The number of nitrogens with two attached hydrogens (primary N) is 3. The van der Waals surface area contributed by atoms with Crippen molar-refractivity contribution in [3.05, 3.63) is 35.9 Å². The van der Waals surface area contributed by atoms with Crippen LogP contribution in [-0.2, 0) is 26.0 Å². The Bertz CT molecular complexity index is 915. The number of hydrogen-bond acceptors (Lipinski definition) is 4. The number of rotatable bonds is 11. The van der Waals surface area contributed by atoms with Crippen molar-refractivity contribution in [1.82, 2.24) is 10.2 Å². The van der Waals surface area contributed by atoms with Gasteiger partial charge in [0.15, 0.2) is 6.04 Å². The lowest BCUT2D eigenvalue weighted by atomic mass is 10.0. The van der Waals surface area contributed by atoms with E-state index in [1.807, 2.05) is 30.3 Å². The predicted molar refractivity (Wildman–Crippen MR) is 120 cm³/mol. The van der Waals surface area contributed by atoms with Gasteiger partial charge in [-0.15, -0.1) is 0 Å². The van der Waals surface area contributed by atoms with Gasteiger partial charge in [-0.2, -0.15) is 0 Å². The Hall–Kier alpha value is -2.12. The largest absolute Gasteiger partial charge is 1.00 e. The Balaban J connectivity index is 0.00000544. The molecule has 1 aromatic rings. The molecule has 0 bridgehead atoms. The van der Waals surface area contributed by atoms with E-state index in [4.69, 9.17) is 16.6 Å². The monoisotopic (exact) mass is 539 g/mol. The number of nitrogens with one attached hydrogen (secondary N) is 2. The molecule has 194 valence electrons. The van der Waals surface area contributed by atoms with Gasteiger partial charge < -0.3 is 40.8 Å². The van der Waals surface area contributed by atoms with Crippen LogP contribution in [0, 0.1) is 0 Å². The minimum Gasteiger partial charge on any atom is -1.00 e. The first-order valence-corrected chi connectivity index (χ1v) is 12.4. The van der Waals surface area contributed by atoms with Crippen LogP contribution in [0.15, 0.2) is 30.3 Å². The fraction of sp³-hybridized carbons (Fsp3) is 0.550. The van der Waals surface area contributed by atoms with Gasteiger partial charge in [0.05, 0.1) is 12.3 Å². The molecule has 3 atom stereocenters. The third-order valence-electron chi connectivity index (χ3n) is 5.35. The summed E-state index contributed by atoms with van der Waals surface area (Å²) < 4.78 is 23.2. The van der Waals surface area contributed by atoms with E-state index in [2.05, 4.69) is 16.0 Å². The first kappa shape index (κ1) is 31.9. The number of quaternary nitrogens is 1. The number of amides is 2. The second-order valence-electron chi connectivity index (χ2n) is 8.14. The van der Waals surface area contributed by atoms with E-state index in [1.54, 1.807) is 4.90 Å². The summed E-state index contributed by atoms with van der Waals surface area (Å²) in [6, 6.07) is 7.72. The van der Waals surface area contributed by atoms with Crippen LogP contribution >= 0.6 is 0 Å².